The third-order valence-electron chi connectivity index (χ3n) is 6.01. The van der Waals surface area contributed by atoms with Crippen LogP contribution in [-0.2, 0) is 30.8 Å². The van der Waals surface area contributed by atoms with E-state index in [4.69, 9.17) is 0 Å². The number of fused-ring (bicyclic) bond motifs is 1. The van der Waals surface area contributed by atoms with Gasteiger partial charge in [-0.25, -0.2) is 4.79 Å². The zero-order valence-corrected chi connectivity index (χ0v) is 17.5. The molecule has 2 aliphatic rings. The van der Waals surface area contributed by atoms with Crippen LogP contribution in [0, 0.1) is 5.92 Å². The summed E-state index contributed by atoms with van der Waals surface area (Å²) in [4.78, 5) is 26.1. The fourth-order valence-corrected chi connectivity index (χ4v) is 4.06. The number of nitrogens with zero attached hydrogens (tertiary/aromatic N) is 1. The van der Waals surface area contributed by atoms with Gasteiger partial charge >= 0.3 is 6.03 Å². The van der Waals surface area contributed by atoms with Gasteiger partial charge in [-0.05, 0) is 60.2 Å². The van der Waals surface area contributed by atoms with Crippen LogP contribution in [0.4, 0.5) is 10.5 Å². The van der Waals surface area contributed by atoms with Gasteiger partial charge < -0.3 is 16.0 Å². The zero-order valence-electron chi connectivity index (χ0n) is 17.5. The molecular formula is C24H30N4O2. The van der Waals surface area contributed by atoms with Gasteiger partial charge in [0, 0.05) is 25.3 Å². The number of carbonyl (C=O) groups is 2. The molecule has 0 atom stereocenters. The molecule has 0 radical (unpaired) electrons. The normalized spacial score (nSPS) is 16.8. The third kappa shape index (κ3) is 5.39. The first kappa shape index (κ1) is 20.4. The number of nitrogens with one attached hydrogen (secondary N) is 3. The highest BCUT2D eigenvalue weighted by molar-refractivity contribution is 5.99. The summed E-state index contributed by atoms with van der Waals surface area (Å²) in [7, 11) is 0. The van der Waals surface area contributed by atoms with E-state index in [-0.39, 0.29) is 11.9 Å². The number of anilines is 1. The molecule has 2 aromatic rings. The molecule has 6 heteroatoms. The van der Waals surface area contributed by atoms with Gasteiger partial charge in [0.1, 0.15) is 0 Å². The third-order valence-corrected chi connectivity index (χ3v) is 6.01. The van der Waals surface area contributed by atoms with Gasteiger partial charge in [0.05, 0.1) is 6.42 Å². The topological polar surface area (TPSA) is 73.5 Å². The second kappa shape index (κ2) is 9.30. The minimum atomic E-state index is -0.198. The highest BCUT2D eigenvalue weighted by Crippen LogP contribution is 2.23. The van der Waals surface area contributed by atoms with Crippen LogP contribution in [0.2, 0.25) is 0 Å². The minimum absolute atomic E-state index is 0.0180. The first-order valence-electron chi connectivity index (χ1n) is 10.8. The summed E-state index contributed by atoms with van der Waals surface area (Å²) in [6, 6.07) is 14.1. The molecular weight excluding hydrogens is 376 g/mol. The second-order valence-electron chi connectivity index (χ2n) is 8.53. The maximum absolute atomic E-state index is 12.1. The Labute approximate surface area is 178 Å². The highest BCUT2D eigenvalue weighted by Gasteiger charge is 2.17. The average molecular weight is 407 g/mol. The Kier molecular flexibility index (Phi) is 6.33. The van der Waals surface area contributed by atoms with Crippen molar-refractivity contribution < 1.29 is 9.59 Å². The summed E-state index contributed by atoms with van der Waals surface area (Å²) in [5, 5.41) is 8.60. The van der Waals surface area contributed by atoms with Crippen LogP contribution in [0.3, 0.4) is 0 Å². The molecule has 1 saturated heterocycles. The van der Waals surface area contributed by atoms with Gasteiger partial charge in [0.25, 0.3) is 0 Å². The van der Waals surface area contributed by atoms with Crippen molar-refractivity contribution in [1.29, 1.82) is 0 Å². The fraction of sp³-hybridized carbons (Fsp3) is 0.417. The molecule has 0 aromatic heterocycles. The zero-order chi connectivity index (χ0) is 20.9. The molecule has 6 nitrogen and oxygen atoms in total. The second-order valence-corrected chi connectivity index (χ2v) is 8.53. The lowest BCUT2D eigenvalue weighted by atomic mass is 9.99. The van der Waals surface area contributed by atoms with E-state index in [0.717, 1.165) is 34.8 Å². The summed E-state index contributed by atoms with van der Waals surface area (Å²) in [6.45, 7) is 6.63. The van der Waals surface area contributed by atoms with Crippen molar-refractivity contribution in [3.63, 3.8) is 0 Å². The van der Waals surface area contributed by atoms with Crippen molar-refractivity contribution in [1.82, 2.24) is 15.5 Å². The first-order chi connectivity index (χ1) is 14.5. The van der Waals surface area contributed by atoms with Crippen molar-refractivity contribution in [3.05, 3.63) is 64.7 Å². The predicted octanol–water partition coefficient (Wildman–Crippen LogP) is 3.41. The molecule has 2 heterocycles. The lowest BCUT2D eigenvalue weighted by molar-refractivity contribution is -0.115. The van der Waals surface area contributed by atoms with Gasteiger partial charge in [-0.2, -0.15) is 0 Å². The molecule has 158 valence electrons. The lowest BCUT2D eigenvalue weighted by Crippen LogP contribution is -2.34. The Hall–Kier alpha value is -2.86. The van der Waals surface area contributed by atoms with Gasteiger partial charge in [0.2, 0.25) is 5.91 Å². The van der Waals surface area contributed by atoms with Gasteiger partial charge in [-0.15, -0.1) is 0 Å². The maximum atomic E-state index is 12.1. The quantitative estimate of drug-likeness (QED) is 0.688. The van der Waals surface area contributed by atoms with Crippen molar-refractivity contribution in [2.75, 3.05) is 18.4 Å². The van der Waals surface area contributed by atoms with Crippen molar-refractivity contribution in [2.45, 2.75) is 45.8 Å². The number of likely N-dealkylation sites (tertiary alicyclic amines) is 1. The van der Waals surface area contributed by atoms with Crippen molar-refractivity contribution in [3.8, 4) is 0 Å². The van der Waals surface area contributed by atoms with Crippen LogP contribution < -0.4 is 16.0 Å². The number of amides is 3. The molecule has 0 unspecified atom stereocenters. The molecule has 3 N–H and O–H groups in total. The largest absolute Gasteiger partial charge is 0.334 e. The maximum Gasteiger partial charge on any atom is 0.315 e. The summed E-state index contributed by atoms with van der Waals surface area (Å²) in [5.41, 5.74) is 5.24. The van der Waals surface area contributed by atoms with Gasteiger partial charge in [-0.1, -0.05) is 43.3 Å². The molecule has 2 aromatic carbocycles. The minimum Gasteiger partial charge on any atom is -0.334 e. The summed E-state index contributed by atoms with van der Waals surface area (Å²) < 4.78 is 0. The molecule has 30 heavy (non-hydrogen) atoms. The SMILES string of the molecule is CC1CCN(Cc2ccc(CNC(=O)NCc3ccc4c(c3)CC(=O)N4)cc2)CC1. The number of urea groups is 1. The van der Waals surface area contributed by atoms with E-state index in [1.54, 1.807) is 0 Å². The molecule has 2 aliphatic heterocycles. The Morgan fingerprint density at radius 1 is 1.00 bits per heavy atom. The summed E-state index contributed by atoms with van der Waals surface area (Å²) >= 11 is 0. The monoisotopic (exact) mass is 406 g/mol. The number of hydrogen-bond donors (Lipinski definition) is 3. The number of carbonyl (C=O) groups excluding carboxylic acids is 2. The Balaban J connectivity index is 1.19. The summed E-state index contributed by atoms with van der Waals surface area (Å²) in [6.07, 6.45) is 2.98. The Morgan fingerprint density at radius 2 is 1.63 bits per heavy atom. The predicted molar refractivity (Wildman–Crippen MR) is 118 cm³/mol. The van der Waals surface area contributed by atoms with E-state index < -0.39 is 0 Å². The molecule has 4 rings (SSSR count). The smallest absolute Gasteiger partial charge is 0.315 e. The van der Waals surface area contributed by atoms with Crippen LogP contribution >= 0.6 is 0 Å². The van der Waals surface area contributed by atoms with Crippen LogP contribution in [0.25, 0.3) is 0 Å². The van der Waals surface area contributed by atoms with Gasteiger partial charge in [-0.3, -0.25) is 9.69 Å². The van der Waals surface area contributed by atoms with E-state index in [0.29, 0.717) is 19.5 Å². The first-order valence-corrected chi connectivity index (χ1v) is 10.8. The van der Waals surface area contributed by atoms with Crippen molar-refractivity contribution >= 4 is 17.6 Å². The van der Waals surface area contributed by atoms with Crippen LogP contribution in [-0.4, -0.2) is 29.9 Å². The molecule has 0 bridgehead atoms. The van der Waals surface area contributed by atoms with E-state index in [2.05, 4.69) is 52.0 Å². The van der Waals surface area contributed by atoms with Crippen LogP contribution in [0.1, 0.15) is 42.0 Å². The van der Waals surface area contributed by atoms with E-state index >= 15 is 0 Å². The van der Waals surface area contributed by atoms with E-state index in [1.807, 2.05) is 18.2 Å². The Morgan fingerprint density at radius 3 is 2.37 bits per heavy atom. The van der Waals surface area contributed by atoms with E-state index in [9.17, 15) is 9.59 Å². The fourth-order valence-electron chi connectivity index (χ4n) is 4.06. The number of hydrogen-bond acceptors (Lipinski definition) is 3. The van der Waals surface area contributed by atoms with Crippen molar-refractivity contribution in [2.24, 2.45) is 5.92 Å². The molecule has 0 spiro atoms. The van der Waals surface area contributed by atoms with Crippen LogP contribution in [0.5, 0.6) is 0 Å². The summed E-state index contributed by atoms with van der Waals surface area (Å²) in [5.74, 6) is 0.870. The number of rotatable bonds is 6. The molecule has 1 fully saturated rings. The standard InChI is InChI=1S/C24H30N4O2/c1-17-8-10-28(11-9-17)16-19-4-2-18(3-5-19)14-25-24(30)26-15-20-6-7-22-21(12-20)13-23(29)27-22/h2-7,12,17H,8-11,13-16H2,1H3,(H,27,29)(H2,25,26,30). The molecule has 0 aliphatic carbocycles. The molecule has 3 amide bonds. The number of benzene rings is 2. The number of piperidine rings is 1. The average Bonchev–Trinajstić information content (AvgIpc) is 3.12. The lowest BCUT2D eigenvalue weighted by Gasteiger charge is -2.30. The Bertz CT molecular complexity index is 902. The van der Waals surface area contributed by atoms with Gasteiger partial charge in [0.15, 0.2) is 0 Å². The van der Waals surface area contributed by atoms with Crippen LogP contribution in [0.15, 0.2) is 42.5 Å². The van der Waals surface area contributed by atoms with E-state index in [1.165, 1.54) is 31.5 Å². The highest BCUT2D eigenvalue weighted by atomic mass is 16.2. The molecule has 0 saturated carbocycles.